The molecule has 1 amide bonds. The number of fused-ring (bicyclic) bond motifs is 1. The second-order valence-corrected chi connectivity index (χ2v) is 7.09. The summed E-state index contributed by atoms with van der Waals surface area (Å²) in [6, 6.07) is 23.7. The summed E-state index contributed by atoms with van der Waals surface area (Å²) >= 11 is 0. The number of carbonyl (C=O) groups is 1. The molecule has 4 heteroatoms. The molecule has 0 radical (unpaired) electrons. The van der Waals surface area contributed by atoms with Gasteiger partial charge in [0.2, 0.25) is 0 Å². The Morgan fingerprint density at radius 2 is 1.82 bits per heavy atom. The topological polar surface area (TPSA) is 56.1 Å². The number of hydrogen-bond acceptors (Lipinski definition) is 3. The van der Waals surface area contributed by atoms with E-state index in [-0.39, 0.29) is 11.9 Å². The van der Waals surface area contributed by atoms with Crippen LogP contribution in [0.3, 0.4) is 0 Å². The van der Waals surface area contributed by atoms with Gasteiger partial charge in [0, 0.05) is 5.56 Å². The third kappa shape index (κ3) is 3.47. The largest absolute Gasteiger partial charge is 0.346 e. The molecule has 0 saturated carbocycles. The van der Waals surface area contributed by atoms with E-state index in [1.54, 1.807) is 4.90 Å². The van der Waals surface area contributed by atoms with E-state index in [4.69, 9.17) is 0 Å². The van der Waals surface area contributed by atoms with Crippen LogP contribution in [-0.4, -0.2) is 10.8 Å². The number of amides is 1. The van der Waals surface area contributed by atoms with Crippen molar-refractivity contribution in [3.63, 3.8) is 0 Å². The molecule has 3 aromatic rings. The summed E-state index contributed by atoms with van der Waals surface area (Å²) in [7, 11) is 0. The van der Waals surface area contributed by atoms with Crippen molar-refractivity contribution in [2.24, 2.45) is 0 Å². The van der Waals surface area contributed by atoms with Crippen LogP contribution in [-0.2, 0) is 13.1 Å². The molecule has 1 heterocycles. The van der Waals surface area contributed by atoms with E-state index in [2.05, 4.69) is 23.6 Å². The first kappa shape index (κ1) is 17.8. The molecule has 1 aliphatic rings. The Morgan fingerprint density at radius 1 is 1.04 bits per heavy atom. The molecule has 0 fully saturated rings. The van der Waals surface area contributed by atoms with Gasteiger partial charge in [0.1, 0.15) is 0 Å². The monoisotopic (exact) mass is 367 g/mol. The number of nitriles is 1. The van der Waals surface area contributed by atoms with Crippen molar-refractivity contribution >= 4 is 5.91 Å². The molecule has 0 aliphatic carbocycles. The van der Waals surface area contributed by atoms with Crippen LogP contribution in [0.1, 0.15) is 40.0 Å². The van der Waals surface area contributed by atoms with E-state index in [0.717, 1.165) is 16.7 Å². The summed E-state index contributed by atoms with van der Waals surface area (Å²) in [6.07, 6.45) is 2.23. The van der Waals surface area contributed by atoms with Crippen LogP contribution >= 0.6 is 0 Å². The lowest BCUT2D eigenvalue weighted by molar-refractivity contribution is 0.0940. The first-order chi connectivity index (χ1) is 13.7. The zero-order valence-electron chi connectivity index (χ0n) is 15.7. The number of nitrogens with one attached hydrogen (secondary N) is 1. The van der Waals surface area contributed by atoms with Gasteiger partial charge in [0.15, 0.2) is 6.19 Å². The number of nitrogens with zero attached hydrogens (tertiary/aromatic N) is 2. The molecular formula is C24H21N3O. The summed E-state index contributed by atoms with van der Waals surface area (Å²) < 4.78 is 0. The molecule has 0 aromatic heterocycles. The van der Waals surface area contributed by atoms with Gasteiger partial charge in [-0.2, -0.15) is 5.26 Å². The molecule has 4 rings (SSSR count). The van der Waals surface area contributed by atoms with E-state index in [9.17, 15) is 10.1 Å². The summed E-state index contributed by atoms with van der Waals surface area (Å²) in [5.41, 5.74) is 6.13. The lowest BCUT2D eigenvalue weighted by Gasteiger charge is -2.15. The molecule has 138 valence electrons. The van der Waals surface area contributed by atoms with Crippen molar-refractivity contribution in [1.29, 1.82) is 5.26 Å². The SMILES string of the molecule is CC(NC(=O)c1cccc(-c2cccc3c2CN(C#N)C3)c1)c1ccccc1. The van der Waals surface area contributed by atoms with Crippen LogP contribution in [0.15, 0.2) is 72.8 Å². The molecule has 0 saturated heterocycles. The Balaban J connectivity index is 1.59. The molecule has 3 aromatic carbocycles. The van der Waals surface area contributed by atoms with Crippen molar-refractivity contribution < 1.29 is 4.79 Å². The number of rotatable bonds is 4. The maximum absolute atomic E-state index is 12.8. The third-order valence-electron chi connectivity index (χ3n) is 5.21. The highest BCUT2D eigenvalue weighted by atomic mass is 16.1. The molecule has 28 heavy (non-hydrogen) atoms. The minimum absolute atomic E-state index is 0.0671. The average molecular weight is 367 g/mol. The van der Waals surface area contributed by atoms with Gasteiger partial charge in [0.05, 0.1) is 19.1 Å². The summed E-state index contributed by atoms with van der Waals surface area (Å²) in [5.74, 6) is -0.0931. The van der Waals surface area contributed by atoms with Crippen molar-refractivity contribution in [3.8, 4) is 17.3 Å². The average Bonchev–Trinajstić information content (AvgIpc) is 3.18. The zero-order chi connectivity index (χ0) is 19.5. The fraction of sp³-hybridized carbons (Fsp3) is 0.167. The first-order valence-electron chi connectivity index (χ1n) is 9.37. The lowest BCUT2D eigenvalue weighted by Crippen LogP contribution is -2.26. The van der Waals surface area contributed by atoms with Crippen LogP contribution < -0.4 is 5.32 Å². The second kappa shape index (κ2) is 7.58. The van der Waals surface area contributed by atoms with Crippen molar-refractivity contribution in [1.82, 2.24) is 10.2 Å². The quantitative estimate of drug-likeness (QED) is 0.684. The van der Waals surface area contributed by atoms with Crippen LogP contribution in [0.4, 0.5) is 0 Å². The van der Waals surface area contributed by atoms with E-state index < -0.39 is 0 Å². The fourth-order valence-electron chi connectivity index (χ4n) is 3.70. The number of benzene rings is 3. The number of hydrogen-bond donors (Lipinski definition) is 1. The van der Waals surface area contributed by atoms with Gasteiger partial charge in [-0.05, 0) is 46.9 Å². The van der Waals surface area contributed by atoms with Gasteiger partial charge in [-0.1, -0.05) is 60.7 Å². The van der Waals surface area contributed by atoms with Gasteiger partial charge < -0.3 is 10.2 Å². The molecule has 4 nitrogen and oxygen atoms in total. The molecule has 0 spiro atoms. The van der Waals surface area contributed by atoms with Crippen LogP contribution in [0.2, 0.25) is 0 Å². The Bertz CT molecular complexity index is 1050. The lowest BCUT2D eigenvalue weighted by atomic mass is 9.95. The van der Waals surface area contributed by atoms with Gasteiger partial charge in [-0.15, -0.1) is 0 Å². The van der Waals surface area contributed by atoms with Crippen molar-refractivity contribution in [2.75, 3.05) is 0 Å². The smallest absolute Gasteiger partial charge is 0.251 e. The Morgan fingerprint density at radius 3 is 2.61 bits per heavy atom. The normalized spacial score (nSPS) is 13.5. The standard InChI is InChI=1S/C24H21N3O/c1-17(18-7-3-2-4-8-18)26-24(28)20-10-5-9-19(13-20)22-12-6-11-21-14-27(16-25)15-23(21)22/h2-13,17H,14-15H2,1H3,(H,26,28). The highest BCUT2D eigenvalue weighted by Crippen LogP contribution is 2.32. The van der Waals surface area contributed by atoms with Crippen LogP contribution in [0, 0.1) is 11.5 Å². The van der Waals surface area contributed by atoms with E-state index >= 15 is 0 Å². The van der Waals surface area contributed by atoms with Crippen molar-refractivity contribution in [2.45, 2.75) is 26.1 Å². The Hall–Kier alpha value is -3.58. The molecule has 1 N–H and O–H groups in total. The highest BCUT2D eigenvalue weighted by Gasteiger charge is 2.21. The summed E-state index contributed by atoms with van der Waals surface area (Å²) in [4.78, 5) is 14.5. The zero-order valence-corrected chi connectivity index (χ0v) is 15.7. The highest BCUT2D eigenvalue weighted by molar-refractivity contribution is 5.95. The minimum atomic E-state index is -0.0931. The summed E-state index contributed by atoms with van der Waals surface area (Å²) in [5, 5.41) is 12.3. The molecule has 1 aliphatic heterocycles. The number of carbonyl (C=O) groups excluding carboxylic acids is 1. The van der Waals surface area contributed by atoms with Gasteiger partial charge >= 0.3 is 0 Å². The Labute approximate surface area is 165 Å². The molecule has 1 atom stereocenters. The maximum Gasteiger partial charge on any atom is 0.251 e. The van der Waals surface area contributed by atoms with Crippen molar-refractivity contribution in [3.05, 3.63) is 95.1 Å². The van der Waals surface area contributed by atoms with Crippen LogP contribution in [0.5, 0.6) is 0 Å². The fourth-order valence-corrected chi connectivity index (χ4v) is 3.70. The third-order valence-corrected chi connectivity index (χ3v) is 5.21. The predicted molar refractivity (Wildman–Crippen MR) is 109 cm³/mol. The maximum atomic E-state index is 12.8. The first-order valence-corrected chi connectivity index (χ1v) is 9.37. The van der Waals surface area contributed by atoms with Crippen LogP contribution in [0.25, 0.3) is 11.1 Å². The van der Waals surface area contributed by atoms with E-state index in [1.807, 2.05) is 67.6 Å². The van der Waals surface area contributed by atoms with Gasteiger partial charge in [-0.3, -0.25) is 4.79 Å². The molecule has 1 unspecified atom stereocenters. The molecular weight excluding hydrogens is 346 g/mol. The minimum Gasteiger partial charge on any atom is -0.346 e. The van der Waals surface area contributed by atoms with Gasteiger partial charge in [0.25, 0.3) is 5.91 Å². The summed E-state index contributed by atoms with van der Waals surface area (Å²) in [6.45, 7) is 3.25. The second-order valence-electron chi connectivity index (χ2n) is 7.09. The Kier molecular flexibility index (Phi) is 4.82. The van der Waals surface area contributed by atoms with E-state index in [1.165, 1.54) is 11.1 Å². The predicted octanol–water partition coefficient (Wildman–Crippen LogP) is 4.64. The van der Waals surface area contributed by atoms with Gasteiger partial charge in [-0.25, -0.2) is 0 Å². The molecule has 0 bridgehead atoms. The van der Waals surface area contributed by atoms with E-state index in [0.29, 0.717) is 18.7 Å².